The first-order valence-corrected chi connectivity index (χ1v) is 18.8. The molecule has 0 atom stereocenters. The number of rotatable bonds is 6. The van der Waals surface area contributed by atoms with Gasteiger partial charge in [0.1, 0.15) is 11.2 Å². The highest BCUT2D eigenvalue weighted by Gasteiger charge is 2.21. The van der Waals surface area contributed by atoms with Gasteiger partial charge in [-0.3, -0.25) is 0 Å². The molecule has 0 radical (unpaired) electrons. The van der Waals surface area contributed by atoms with Crippen LogP contribution in [-0.4, -0.2) is 4.57 Å². The molecule has 0 N–H and O–H groups in total. The predicted molar refractivity (Wildman–Crippen MR) is 231 cm³/mol. The largest absolute Gasteiger partial charge is 0.455 e. The van der Waals surface area contributed by atoms with Crippen LogP contribution in [0.15, 0.2) is 211 Å². The molecular weight excluding hydrogens is 669 g/mol. The molecule has 2 aromatic heterocycles. The third-order valence-electron chi connectivity index (χ3n) is 11.0. The van der Waals surface area contributed by atoms with E-state index < -0.39 is 0 Å². The zero-order valence-corrected chi connectivity index (χ0v) is 29.9. The minimum absolute atomic E-state index is 0.887. The van der Waals surface area contributed by atoms with Crippen molar-refractivity contribution in [3.8, 4) is 27.9 Å². The molecule has 0 aliphatic heterocycles. The van der Waals surface area contributed by atoms with E-state index in [9.17, 15) is 0 Å². The summed E-state index contributed by atoms with van der Waals surface area (Å²) in [5.74, 6) is 0. The van der Waals surface area contributed by atoms with Crippen LogP contribution in [0.3, 0.4) is 0 Å². The Balaban J connectivity index is 1.07. The number of hydrogen-bond donors (Lipinski definition) is 0. The van der Waals surface area contributed by atoms with Crippen LogP contribution in [0.4, 0.5) is 17.1 Å². The maximum Gasteiger partial charge on any atom is 0.143 e. The summed E-state index contributed by atoms with van der Waals surface area (Å²) in [7, 11) is 0. The third kappa shape index (κ3) is 5.05. The highest BCUT2D eigenvalue weighted by Crippen LogP contribution is 2.45. The van der Waals surface area contributed by atoms with Gasteiger partial charge in [-0.2, -0.15) is 0 Å². The summed E-state index contributed by atoms with van der Waals surface area (Å²) >= 11 is 0. The quantitative estimate of drug-likeness (QED) is 0.172. The number of furan rings is 1. The van der Waals surface area contributed by atoms with E-state index >= 15 is 0 Å². The van der Waals surface area contributed by atoms with E-state index in [4.69, 9.17) is 4.42 Å². The fourth-order valence-corrected chi connectivity index (χ4v) is 8.52. The fraction of sp³-hybridized carbons (Fsp3) is 0. The van der Waals surface area contributed by atoms with E-state index in [1.54, 1.807) is 0 Å². The molecule has 55 heavy (non-hydrogen) atoms. The Morgan fingerprint density at radius 1 is 0.382 bits per heavy atom. The van der Waals surface area contributed by atoms with Gasteiger partial charge in [0.15, 0.2) is 0 Å². The molecule has 0 saturated heterocycles. The Morgan fingerprint density at radius 2 is 1.00 bits per heavy atom. The fourth-order valence-electron chi connectivity index (χ4n) is 8.52. The third-order valence-corrected chi connectivity index (χ3v) is 11.0. The van der Waals surface area contributed by atoms with Crippen LogP contribution < -0.4 is 4.90 Å². The van der Waals surface area contributed by atoms with E-state index in [1.165, 1.54) is 38.3 Å². The smallest absolute Gasteiger partial charge is 0.143 e. The van der Waals surface area contributed by atoms with E-state index in [0.717, 1.165) is 61.2 Å². The standard InChI is InChI=1S/C52H34N2O/c1-4-14-35(15-5-1)36-26-29-40(30-27-36)53(38-16-6-2-7-17-38)41-31-32-42-37(34-41)28-33-49-51(42)46-23-12-22-44(52(46)55-49)43-21-13-25-48-50(43)45-20-10-11-24-47(45)54(48)39-18-8-3-9-19-39/h1-34H. The van der Waals surface area contributed by atoms with Crippen LogP contribution in [0.5, 0.6) is 0 Å². The Kier molecular flexibility index (Phi) is 7.17. The molecule has 0 aliphatic rings. The zero-order chi connectivity index (χ0) is 36.3. The van der Waals surface area contributed by atoms with Crippen molar-refractivity contribution >= 4 is 71.6 Å². The van der Waals surface area contributed by atoms with Crippen LogP contribution in [0, 0.1) is 0 Å². The van der Waals surface area contributed by atoms with Crippen molar-refractivity contribution in [2.45, 2.75) is 0 Å². The van der Waals surface area contributed by atoms with Crippen molar-refractivity contribution in [1.82, 2.24) is 4.57 Å². The lowest BCUT2D eigenvalue weighted by Gasteiger charge is -2.26. The Labute approximate surface area is 318 Å². The van der Waals surface area contributed by atoms with Gasteiger partial charge in [0.25, 0.3) is 0 Å². The zero-order valence-electron chi connectivity index (χ0n) is 29.9. The molecule has 258 valence electrons. The molecule has 0 saturated carbocycles. The maximum absolute atomic E-state index is 6.85. The molecule has 2 heterocycles. The van der Waals surface area contributed by atoms with Crippen LogP contribution in [0.25, 0.3) is 82.5 Å². The Morgan fingerprint density at radius 3 is 1.82 bits per heavy atom. The molecule has 0 amide bonds. The van der Waals surface area contributed by atoms with Crippen LogP contribution in [0.1, 0.15) is 0 Å². The first-order valence-electron chi connectivity index (χ1n) is 18.8. The molecular formula is C52H34N2O. The predicted octanol–water partition coefficient (Wildman–Crippen LogP) is 14.6. The second-order valence-electron chi connectivity index (χ2n) is 14.1. The summed E-state index contributed by atoms with van der Waals surface area (Å²) in [6, 6.07) is 73.7. The van der Waals surface area contributed by atoms with Crippen LogP contribution >= 0.6 is 0 Å². The number of benzene rings is 9. The lowest BCUT2D eigenvalue weighted by atomic mass is 9.96. The summed E-state index contributed by atoms with van der Waals surface area (Å²) in [5.41, 5.74) is 13.3. The average molecular weight is 703 g/mol. The summed E-state index contributed by atoms with van der Waals surface area (Å²) in [6.07, 6.45) is 0. The number of para-hydroxylation sites is 4. The van der Waals surface area contributed by atoms with E-state index in [2.05, 4.69) is 216 Å². The maximum atomic E-state index is 6.85. The average Bonchev–Trinajstić information content (AvgIpc) is 3.82. The molecule has 0 fully saturated rings. The summed E-state index contributed by atoms with van der Waals surface area (Å²) in [6.45, 7) is 0. The van der Waals surface area contributed by atoms with Crippen LogP contribution in [0.2, 0.25) is 0 Å². The number of nitrogens with zero attached hydrogens (tertiary/aromatic N) is 2. The lowest BCUT2D eigenvalue weighted by molar-refractivity contribution is 0.670. The monoisotopic (exact) mass is 702 g/mol. The van der Waals surface area contributed by atoms with Crippen molar-refractivity contribution in [3.05, 3.63) is 206 Å². The molecule has 3 nitrogen and oxygen atoms in total. The van der Waals surface area contributed by atoms with Gasteiger partial charge in [0.05, 0.1) is 11.0 Å². The summed E-state index contributed by atoms with van der Waals surface area (Å²) < 4.78 is 9.21. The first-order chi connectivity index (χ1) is 27.3. The molecule has 0 aliphatic carbocycles. The molecule has 0 unspecified atom stereocenters. The van der Waals surface area contributed by atoms with Gasteiger partial charge in [-0.25, -0.2) is 0 Å². The minimum atomic E-state index is 0.887. The van der Waals surface area contributed by atoms with Gasteiger partial charge in [-0.1, -0.05) is 140 Å². The Hall–Kier alpha value is -7.36. The van der Waals surface area contributed by atoms with Gasteiger partial charge in [0.2, 0.25) is 0 Å². The molecule has 11 rings (SSSR count). The van der Waals surface area contributed by atoms with Crippen molar-refractivity contribution in [2.75, 3.05) is 4.90 Å². The van der Waals surface area contributed by atoms with Crippen molar-refractivity contribution < 1.29 is 4.42 Å². The normalized spacial score (nSPS) is 11.6. The van der Waals surface area contributed by atoms with Gasteiger partial charge in [-0.05, 0) is 94.2 Å². The van der Waals surface area contributed by atoms with Crippen molar-refractivity contribution in [3.63, 3.8) is 0 Å². The molecule has 3 heteroatoms. The summed E-state index contributed by atoms with van der Waals surface area (Å²) in [5, 5.41) is 7.03. The minimum Gasteiger partial charge on any atom is -0.455 e. The SMILES string of the molecule is c1ccc(-c2ccc(N(c3ccccc3)c3ccc4c(ccc5oc6c(-c7cccc8c7c7ccccc7n8-c7ccccc7)cccc6c54)c3)cc2)cc1. The highest BCUT2D eigenvalue weighted by molar-refractivity contribution is 6.23. The van der Waals surface area contributed by atoms with Gasteiger partial charge >= 0.3 is 0 Å². The number of hydrogen-bond acceptors (Lipinski definition) is 2. The van der Waals surface area contributed by atoms with Gasteiger partial charge < -0.3 is 13.9 Å². The number of aromatic nitrogens is 1. The van der Waals surface area contributed by atoms with Crippen LogP contribution in [-0.2, 0) is 0 Å². The van der Waals surface area contributed by atoms with Crippen molar-refractivity contribution in [1.29, 1.82) is 0 Å². The van der Waals surface area contributed by atoms with E-state index in [-0.39, 0.29) is 0 Å². The number of fused-ring (bicyclic) bond motifs is 8. The molecule has 0 spiro atoms. The highest BCUT2D eigenvalue weighted by atomic mass is 16.3. The second-order valence-corrected chi connectivity index (χ2v) is 14.1. The second kappa shape index (κ2) is 12.6. The topological polar surface area (TPSA) is 21.3 Å². The van der Waals surface area contributed by atoms with E-state index in [0.29, 0.717) is 0 Å². The van der Waals surface area contributed by atoms with Gasteiger partial charge in [-0.15, -0.1) is 0 Å². The van der Waals surface area contributed by atoms with Crippen molar-refractivity contribution in [2.24, 2.45) is 0 Å². The van der Waals surface area contributed by atoms with Gasteiger partial charge in [0, 0.05) is 49.9 Å². The molecule has 11 aromatic rings. The first kappa shape index (κ1) is 31.2. The molecule has 0 bridgehead atoms. The van der Waals surface area contributed by atoms with E-state index in [1.807, 2.05) is 0 Å². The Bertz CT molecular complexity index is 3180. The summed E-state index contributed by atoms with van der Waals surface area (Å²) in [4.78, 5) is 2.33. The lowest BCUT2D eigenvalue weighted by Crippen LogP contribution is -2.09. The molecule has 9 aromatic carbocycles. The number of anilines is 3.